The van der Waals surface area contributed by atoms with Crippen LogP contribution in [0, 0.1) is 5.41 Å². The Morgan fingerprint density at radius 1 is 1.29 bits per heavy atom. The Balaban J connectivity index is 2.23. The second-order valence-electron chi connectivity index (χ2n) is 6.72. The van der Waals surface area contributed by atoms with Crippen molar-refractivity contribution in [2.45, 2.75) is 26.7 Å². The van der Waals surface area contributed by atoms with Gasteiger partial charge in [0.05, 0.1) is 12.7 Å². The average molecular weight is 328 g/mol. The summed E-state index contributed by atoms with van der Waals surface area (Å²) < 4.78 is 10.5. The SMILES string of the molecule is COC(=O)C1=C(N)OC2=C(C(=O)CC(C)(C)C2)/C1=C1\C=CC=CN1. The molecule has 0 fully saturated rings. The molecule has 3 N–H and O–H groups in total. The number of hydrogen-bond donors (Lipinski definition) is 2. The number of dihydropyridines is 1. The molecular formula is C18H20N2O4. The molecule has 0 bridgehead atoms. The number of ether oxygens (including phenoxy) is 2. The third-order valence-electron chi connectivity index (χ3n) is 4.18. The third-order valence-corrected chi connectivity index (χ3v) is 4.18. The summed E-state index contributed by atoms with van der Waals surface area (Å²) in [5.74, 6) is -0.238. The largest absolute Gasteiger partial charge is 0.465 e. The van der Waals surface area contributed by atoms with Crippen molar-refractivity contribution in [2.75, 3.05) is 7.11 Å². The van der Waals surface area contributed by atoms with Crippen molar-refractivity contribution in [1.82, 2.24) is 5.32 Å². The molecule has 3 aliphatic rings. The van der Waals surface area contributed by atoms with Gasteiger partial charge in [0.25, 0.3) is 0 Å². The van der Waals surface area contributed by atoms with Crippen molar-refractivity contribution in [3.05, 3.63) is 58.5 Å². The fraction of sp³-hybridized carbons (Fsp3) is 0.333. The molecule has 1 aliphatic carbocycles. The number of Topliss-reactive ketones (excluding diaryl/α,β-unsaturated/α-hetero) is 1. The van der Waals surface area contributed by atoms with E-state index < -0.39 is 5.97 Å². The summed E-state index contributed by atoms with van der Waals surface area (Å²) in [7, 11) is 1.27. The third kappa shape index (κ3) is 2.64. The van der Waals surface area contributed by atoms with Gasteiger partial charge in [0.2, 0.25) is 5.88 Å². The maximum atomic E-state index is 12.8. The van der Waals surface area contributed by atoms with Gasteiger partial charge in [-0.15, -0.1) is 0 Å². The second kappa shape index (κ2) is 5.70. The molecule has 126 valence electrons. The van der Waals surface area contributed by atoms with Gasteiger partial charge in [-0.1, -0.05) is 19.9 Å². The van der Waals surface area contributed by atoms with Crippen molar-refractivity contribution < 1.29 is 19.1 Å². The molecule has 0 unspecified atom stereocenters. The molecule has 0 radical (unpaired) electrons. The molecule has 6 heteroatoms. The number of carbonyl (C=O) groups excluding carboxylic acids is 2. The number of nitrogens with two attached hydrogens (primary N) is 1. The van der Waals surface area contributed by atoms with Gasteiger partial charge in [0.1, 0.15) is 11.3 Å². The van der Waals surface area contributed by atoms with Gasteiger partial charge in [0.15, 0.2) is 5.78 Å². The first-order valence-electron chi connectivity index (χ1n) is 7.71. The highest BCUT2D eigenvalue weighted by atomic mass is 16.5. The molecule has 0 aromatic carbocycles. The lowest BCUT2D eigenvalue weighted by atomic mass is 9.73. The molecule has 2 aliphatic heterocycles. The number of methoxy groups -OCH3 is 1. The zero-order chi connectivity index (χ0) is 17.5. The van der Waals surface area contributed by atoms with E-state index in [1.807, 2.05) is 26.0 Å². The highest BCUT2D eigenvalue weighted by Crippen LogP contribution is 2.45. The molecule has 2 heterocycles. The van der Waals surface area contributed by atoms with Crippen molar-refractivity contribution in [2.24, 2.45) is 11.1 Å². The fourth-order valence-corrected chi connectivity index (χ4v) is 3.18. The van der Waals surface area contributed by atoms with E-state index in [1.54, 1.807) is 12.3 Å². The maximum absolute atomic E-state index is 12.8. The lowest BCUT2D eigenvalue weighted by molar-refractivity contribution is -0.136. The molecule has 0 saturated carbocycles. The zero-order valence-corrected chi connectivity index (χ0v) is 13.9. The summed E-state index contributed by atoms with van der Waals surface area (Å²) in [6, 6.07) is 0. The van der Waals surface area contributed by atoms with Crippen molar-refractivity contribution in [1.29, 1.82) is 0 Å². The lowest BCUT2D eigenvalue weighted by Gasteiger charge is -2.35. The zero-order valence-electron chi connectivity index (χ0n) is 13.9. The summed E-state index contributed by atoms with van der Waals surface area (Å²) in [4.78, 5) is 25.1. The van der Waals surface area contributed by atoms with Crippen LogP contribution >= 0.6 is 0 Å². The van der Waals surface area contributed by atoms with Crippen molar-refractivity contribution >= 4 is 11.8 Å². The summed E-state index contributed by atoms with van der Waals surface area (Å²) >= 11 is 0. The fourth-order valence-electron chi connectivity index (χ4n) is 3.18. The number of nitrogens with one attached hydrogen (secondary N) is 1. The number of esters is 1. The van der Waals surface area contributed by atoms with Gasteiger partial charge in [-0.05, 0) is 17.6 Å². The Bertz CT molecular complexity index is 779. The van der Waals surface area contributed by atoms with Gasteiger partial charge in [-0.3, -0.25) is 4.79 Å². The van der Waals surface area contributed by atoms with E-state index >= 15 is 0 Å². The van der Waals surface area contributed by atoms with E-state index in [1.165, 1.54) is 7.11 Å². The number of carbonyl (C=O) groups is 2. The Kier molecular flexibility index (Phi) is 3.83. The van der Waals surface area contributed by atoms with Gasteiger partial charge in [0, 0.05) is 30.3 Å². The average Bonchev–Trinajstić information content (AvgIpc) is 2.52. The second-order valence-corrected chi connectivity index (χ2v) is 6.72. The standard InChI is InChI=1S/C18H20N2O4/c1-18(2)8-11(21)14-12(9-18)24-16(19)15(17(22)23-3)13(14)10-6-4-5-7-20-10/h4-7,20H,8-9,19H2,1-3H3/b13-10-. The van der Waals surface area contributed by atoms with E-state index in [0.717, 1.165) is 0 Å². The predicted octanol–water partition coefficient (Wildman–Crippen LogP) is 1.93. The molecule has 6 nitrogen and oxygen atoms in total. The predicted molar refractivity (Wildman–Crippen MR) is 87.8 cm³/mol. The number of ketones is 1. The van der Waals surface area contributed by atoms with Crippen LogP contribution in [0.5, 0.6) is 0 Å². The van der Waals surface area contributed by atoms with E-state index in [0.29, 0.717) is 35.4 Å². The normalized spacial score (nSPS) is 25.2. The minimum Gasteiger partial charge on any atom is -0.465 e. The van der Waals surface area contributed by atoms with E-state index in [9.17, 15) is 9.59 Å². The van der Waals surface area contributed by atoms with Crippen LogP contribution in [0.2, 0.25) is 0 Å². The number of allylic oxidation sites excluding steroid dienone is 5. The molecule has 3 rings (SSSR count). The first-order valence-corrected chi connectivity index (χ1v) is 7.71. The summed E-state index contributed by atoms with van der Waals surface area (Å²) in [5, 5.41) is 3.07. The molecule has 24 heavy (non-hydrogen) atoms. The molecule has 0 saturated heterocycles. The Hall–Kier alpha value is -2.76. The maximum Gasteiger partial charge on any atom is 0.344 e. The van der Waals surface area contributed by atoms with Crippen LogP contribution in [0.1, 0.15) is 26.7 Å². The van der Waals surface area contributed by atoms with E-state index in [2.05, 4.69) is 5.32 Å². The Morgan fingerprint density at radius 2 is 2.04 bits per heavy atom. The summed E-state index contributed by atoms with van der Waals surface area (Å²) in [5.41, 5.74) is 7.33. The van der Waals surface area contributed by atoms with Crippen LogP contribution in [0.4, 0.5) is 0 Å². The smallest absolute Gasteiger partial charge is 0.344 e. The lowest BCUT2D eigenvalue weighted by Crippen LogP contribution is -2.34. The topological polar surface area (TPSA) is 90.7 Å². The van der Waals surface area contributed by atoms with Gasteiger partial charge < -0.3 is 20.5 Å². The number of rotatable bonds is 1. The monoisotopic (exact) mass is 328 g/mol. The highest BCUT2D eigenvalue weighted by molar-refractivity contribution is 6.08. The van der Waals surface area contributed by atoms with Crippen LogP contribution in [0.3, 0.4) is 0 Å². The first kappa shape index (κ1) is 16.1. The van der Waals surface area contributed by atoms with Gasteiger partial charge in [-0.25, -0.2) is 4.79 Å². The van der Waals surface area contributed by atoms with Crippen LogP contribution < -0.4 is 11.1 Å². The van der Waals surface area contributed by atoms with Crippen LogP contribution in [0.25, 0.3) is 0 Å². The molecule has 0 amide bonds. The van der Waals surface area contributed by atoms with Crippen LogP contribution in [-0.4, -0.2) is 18.9 Å². The summed E-state index contributed by atoms with van der Waals surface area (Å²) in [6.45, 7) is 4.00. The molecule has 0 atom stereocenters. The van der Waals surface area contributed by atoms with Gasteiger partial charge in [-0.2, -0.15) is 0 Å². The molecule has 0 aromatic heterocycles. The molecule has 0 aromatic rings. The summed E-state index contributed by atoms with van der Waals surface area (Å²) in [6.07, 6.45) is 8.08. The number of hydrogen-bond acceptors (Lipinski definition) is 6. The molecular weight excluding hydrogens is 308 g/mol. The van der Waals surface area contributed by atoms with Crippen LogP contribution in [0.15, 0.2) is 58.5 Å². The molecule has 0 spiro atoms. The Labute approximate surface area is 140 Å². The van der Waals surface area contributed by atoms with Crippen molar-refractivity contribution in [3.63, 3.8) is 0 Å². The van der Waals surface area contributed by atoms with Crippen molar-refractivity contribution in [3.8, 4) is 0 Å². The van der Waals surface area contributed by atoms with E-state index in [4.69, 9.17) is 15.2 Å². The van der Waals surface area contributed by atoms with E-state index in [-0.39, 0.29) is 22.7 Å². The first-order chi connectivity index (χ1) is 11.3. The Morgan fingerprint density at radius 3 is 2.67 bits per heavy atom. The minimum absolute atomic E-state index is 0.0432. The minimum atomic E-state index is -0.635. The highest BCUT2D eigenvalue weighted by Gasteiger charge is 2.42. The van der Waals surface area contributed by atoms with Gasteiger partial charge >= 0.3 is 5.97 Å². The quantitative estimate of drug-likeness (QED) is 0.715. The van der Waals surface area contributed by atoms with Crippen LogP contribution in [-0.2, 0) is 19.1 Å².